The van der Waals surface area contributed by atoms with Crippen molar-refractivity contribution in [1.82, 2.24) is 19.6 Å². The van der Waals surface area contributed by atoms with Crippen LogP contribution in [-0.4, -0.2) is 65.8 Å². The SMILES string of the molecule is COc1cc2ccc(Nc3ccnn3C)cc2cc1C(=O)Nc1ccc(CN2CCN(C)CC2)c(C(F)(F)F)c1. The molecule has 8 nitrogen and oxygen atoms in total. The van der Waals surface area contributed by atoms with Gasteiger partial charge < -0.3 is 20.3 Å². The molecule has 11 heteroatoms. The molecular weight excluding hydrogens is 521 g/mol. The molecule has 4 aromatic rings. The number of likely N-dealkylation sites (N-methyl/N-ethyl adjacent to an activating group) is 1. The third kappa shape index (κ3) is 6.05. The van der Waals surface area contributed by atoms with E-state index in [1.165, 1.54) is 19.2 Å². The molecule has 0 unspecified atom stereocenters. The number of aryl methyl sites for hydroxylation is 1. The van der Waals surface area contributed by atoms with Crippen molar-refractivity contribution in [2.24, 2.45) is 7.05 Å². The molecule has 2 heterocycles. The van der Waals surface area contributed by atoms with Gasteiger partial charge in [-0.1, -0.05) is 12.1 Å². The highest BCUT2D eigenvalue weighted by atomic mass is 19.4. The quantitative estimate of drug-likeness (QED) is 0.322. The second-order valence-electron chi connectivity index (χ2n) is 9.98. The van der Waals surface area contributed by atoms with Crippen LogP contribution in [0.25, 0.3) is 10.8 Å². The van der Waals surface area contributed by atoms with Crippen LogP contribution in [0.3, 0.4) is 0 Å². The highest BCUT2D eigenvalue weighted by Crippen LogP contribution is 2.35. The number of fused-ring (bicyclic) bond motifs is 1. The summed E-state index contributed by atoms with van der Waals surface area (Å²) in [5.41, 5.74) is 0.502. The van der Waals surface area contributed by atoms with E-state index in [0.717, 1.165) is 41.4 Å². The molecule has 0 radical (unpaired) electrons. The lowest BCUT2D eigenvalue weighted by Crippen LogP contribution is -2.44. The second kappa shape index (κ2) is 11.2. The Morgan fingerprint density at radius 1 is 0.950 bits per heavy atom. The highest BCUT2D eigenvalue weighted by Gasteiger charge is 2.34. The summed E-state index contributed by atoms with van der Waals surface area (Å²) < 4.78 is 49.2. The Hall–Kier alpha value is -4.09. The van der Waals surface area contributed by atoms with Gasteiger partial charge in [0, 0.05) is 57.2 Å². The Morgan fingerprint density at radius 3 is 2.38 bits per heavy atom. The van der Waals surface area contributed by atoms with E-state index in [9.17, 15) is 18.0 Å². The standard InChI is InChI=1S/C29H31F3N6O2/c1-36-10-12-38(13-11-36)18-20-5-7-23(17-25(20)29(30,31)32)35-28(39)24-15-21-14-22(34-27-8-9-33-37(27)2)6-4-19(21)16-26(24)40-3/h4-9,14-17,34H,10-13,18H2,1-3H3,(H,35,39). The summed E-state index contributed by atoms with van der Waals surface area (Å²) in [6, 6.07) is 14.9. The summed E-state index contributed by atoms with van der Waals surface area (Å²) in [5, 5.41) is 11.7. The van der Waals surface area contributed by atoms with Crippen LogP contribution < -0.4 is 15.4 Å². The van der Waals surface area contributed by atoms with Gasteiger partial charge in [0.1, 0.15) is 11.6 Å². The minimum Gasteiger partial charge on any atom is -0.496 e. The Bertz CT molecular complexity index is 1530. The number of benzene rings is 3. The molecule has 40 heavy (non-hydrogen) atoms. The Kier molecular flexibility index (Phi) is 7.68. The van der Waals surface area contributed by atoms with E-state index in [1.807, 2.05) is 43.3 Å². The lowest BCUT2D eigenvalue weighted by Gasteiger charge is -2.33. The van der Waals surface area contributed by atoms with Crippen molar-refractivity contribution >= 4 is 33.9 Å². The number of carbonyl (C=O) groups excluding carboxylic acids is 1. The van der Waals surface area contributed by atoms with Crippen molar-refractivity contribution in [3.63, 3.8) is 0 Å². The third-order valence-corrected chi connectivity index (χ3v) is 7.16. The maximum absolute atomic E-state index is 14.0. The molecule has 1 aromatic heterocycles. The minimum atomic E-state index is -4.56. The molecule has 2 N–H and O–H groups in total. The van der Waals surface area contributed by atoms with Gasteiger partial charge >= 0.3 is 6.18 Å². The van der Waals surface area contributed by atoms with Gasteiger partial charge in [0.25, 0.3) is 5.91 Å². The number of piperazine rings is 1. The molecule has 5 rings (SSSR count). The molecular formula is C29H31F3N6O2. The minimum absolute atomic E-state index is 0.0632. The van der Waals surface area contributed by atoms with Crippen LogP contribution in [-0.2, 0) is 19.8 Å². The van der Waals surface area contributed by atoms with Gasteiger partial charge in [-0.2, -0.15) is 18.3 Å². The first-order valence-electron chi connectivity index (χ1n) is 12.9. The number of aromatic nitrogens is 2. The van der Waals surface area contributed by atoms with Crippen LogP contribution in [0.1, 0.15) is 21.5 Å². The number of alkyl halides is 3. The fraction of sp³-hybridized carbons (Fsp3) is 0.310. The van der Waals surface area contributed by atoms with Crippen LogP contribution in [0.15, 0.2) is 60.8 Å². The molecule has 1 fully saturated rings. The van der Waals surface area contributed by atoms with E-state index in [2.05, 4.69) is 20.6 Å². The third-order valence-electron chi connectivity index (χ3n) is 7.16. The summed E-state index contributed by atoms with van der Waals surface area (Å²) in [6.45, 7) is 3.22. The zero-order chi connectivity index (χ0) is 28.4. The molecule has 0 saturated carbocycles. The fourth-order valence-electron chi connectivity index (χ4n) is 4.85. The van der Waals surface area contributed by atoms with Gasteiger partial charge in [0.15, 0.2) is 0 Å². The van der Waals surface area contributed by atoms with Crippen molar-refractivity contribution in [3.05, 3.63) is 77.5 Å². The number of hydrogen-bond acceptors (Lipinski definition) is 6. The van der Waals surface area contributed by atoms with Crippen LogP contribution in [0.5, 0.6) is 5.75 Å². The number of methoxy groups -OCH3 is 1. The Labute approximate surface area is 230 Å². The second-order valence-corrected chi connectivity index (χ2v) is 9.98. The summed E-state index contributed by atoms with van der Waals surface area (Å²) in [6.07, 6.45) is -2.87. The zero-order valence-electron chi connectivity index (χ0n) is 22.5. The van der Waals surface area contributed by atoms with Gasteiger partial charge in [0.05, 0.1) is 24.4 Å². The molecule has 210 valence electrons. The summed E-state index contributed by atoms with van der Waals surface area (Å²) in [5.74, 6) is 0.547. The van der Waals surface area contributed by atoms with Crippen molar-refractivity contribution in [2.45, 2.75) is 12.7 Å². The first-order valence-corrected chi connectivity index (χ1v) is 12.9. The normalized spacial score (nSPS) is 14.8. The largest absolute Gasteiger partial charge is 0.496 e. The molecule has 0 bridgehead atoms. The molecule has 0 aliphatic carbocycles. The van der Waals surface area contributed by atoms with Gasteiger partial charge in [-0.25, -0.2) is 0 Å². The van der Waals surface area contributed by atoms with Gasteiger partial charge in [-0.05, 0) is 59.8 Å². The predicted octanol–water partition coefficient (Wildman–Crippen LogP) is 5.34. The van der Waals surface area contributed by atoms with Crippen LogP contribution in [0, 0.1) is 0 Å². The van der Waals surface area contributed by atoms with Gasteiger partial charge in [-0.3, -0.25) is 14.4 Å². The fourth-order valence-corrected chi connectivity index (χ4v) is 4.85. The van der Waals surface area contributed by atoms with E-state index in [-0.39, 0.29) is 23.4 Å². The summed E-state index contributed by atoms with van der Waals surface area (Å²) in [4.78, 5) is 17.5. The molecule has 1 amide bonds. The van der Waals surface area contributed by atoms with E-state index in [0.29, 0.717) is 18.8 Å². The first kappa shape index (κ1) is 27.5. The highest BCUT2D eigenvalue weighted by molar-refractivity contribution is 6.09. The number of rotatable bonds is 7. The van der Waals surface area contributed by atoms with E-state index >= 15 is 0 Å². The van der Waals surface area contributed by atoms with Crippen LogP contribution in [0.2, 0.25) is 0 Å². The Balaban J connectivity index is 1.40. The number of nitrogens with one attached hydrogen (secondary N) is 2. The molecule has 1 aliphatic rings. The molecule has 0 atom stereocenters. The lowest BCUT2D eigenvalue weighted by molar-refractivity contribution is -0.138. The number of hydrogen-bond donors (Lipinski definition) is 2. The van der Waals surface area contributed by atoms with Crippen molar-refractivity contribution < 1.29 is 22.7 Å². The van der Waals surface area contributed by atoms with Crippen molar-refractivity contribution in [3.8, 4) is 5.75 Å². The van der Waals surface area contributed by atoms with Crippen molar-refractivity contribution in [2.75, 3.05) is 51.0 Å². The molecule has 3 aromatic carbocycles. The van der Waals surface area contributed by atoms with Crippen LogP contribution in [0.4, 0.5) is 30.4 Å². The first-order chi connectivity index (χ1) is 19.1. The summed E-state index contributed by atoms with van der Waals surface area (Å²) >= 11 is 0. The van der Waals surface area contributed by atoms with E-state index in [4.69, 9.17) is 4.74 Å². The lowest BCUT2D eigenvalue weighted by atomic mass is 10.0. The number of ether oxygens (including phenoxy) is 1. The van der Waals surface area contributed by atoms with Gasteiger partial charge in [0.2, 0.25) is 0 Å². The average molecular weight is 553 g/mol. The number of nitrogens with zero attached hydrogens (tertiary/aromatic N) is 4. The number of amides is 1. The monoisotopic (exact) mass is 552 g/mol. The van der Waals surface area contributed by atoms with Crippen LogP contribution >= 0.6 is 0 Å². The molecule has 1 aliphatic heterocycles. The zero-order valence-corrected chi connectivity index (χ0v) is 22.5. The summed E-state index contributed by atoms with van der Waals surface area (Å²) in [7, 11) is 5.27. The smallest absolute Gasteiger partial charge is 0.416 e. The predicted molar refractivity (Wildman–Crippen MR) is 149 cm³/mol. The Morgan fingerprint density at radius 2 is 1.70 bits per heavy atom. The molecule has 0 spiro atoms. The maximum atomic E-state index is 14.0. The number of carbonyl (C=O) groups is 1. The molecule has 1 saturated heterocycles. The van der Waals surface area contributed by atoms with E-state index in [1.54, 1.807) is 23.0 Å². The maximum Gasteiger partial charge on any atom is 0.416 e. The van der Waals surface area contributed by atoms with Crippen molar-refractivity contribution in [1.29, 1.82) is 0 Å². The van der Waals surface area contributed by atoms with Gasteiger partial charge in [-0.15, -0.1) is 0 Å². The number of halogens is 3. The average Bonchev–Trinajstić information content (AvgIpc) is 3.33. The topological polar surface area (TPSA) is 74.7 Å². The number of anilines is 3. The van der Waals surface area contributed by atoms with E-state index < -0.39 is 17.6 Å².